The number of aryl methyl sites for hydroxylation is 1. The lowest BCUT2D eigenvalue weighted by Crippen LogP contribution is -2.32. The second-order valence-corrected chi connectivity index (χ2v) is 6.49. The van der Waals surface area contributed by atoms with Crippen molar-refractivity contribution in [2.45, 2.75) is 20.4 Å². The van der Waals surface area contributed by atoms with Gasteiger partial charge in [-0.2, -0.15) is 0 Å². The topological polar surface area (TPSA) is 71.1 Å². The average molecular weight is 300 g/mol. The summed E-state index contributed by atoms with van der Waals surface area (Å²) in [5.74, 6) is 0.123. The summed E-state index contributed by atoms with van der Waals surface area (Å²) in [6, 6.07) is 0. The Labute approximate surface area is 112 Å². The van der Waals surface area contributed by atoms with Gasteiger partial charge in [-0.25, -0.2) is 18.1 Å². The van der Waals surface area contributed by atoms with Gasteiger partial charge in [-0.1, -0.05) is 0 Å². The third kappa shape index (κ3) is 6.95. The number of hydrogen-bond donors (Lipinski definition) is 2. The van der Waals surface area contributed by atoms with Crippen molar-refractivity contribution < 1.29 is 8.42 Å². The van der Waals surface area contributed by atoms with Crippen molar-refractivity contribution in [3.8, 4) is 0 Å². The molecule has 0 saturated carbocycles. The average Bonchev–Trinajstić information content (AvgIpc) is 2.64. The third-order valence-electron chi connectivity index (χ3n) is 1.98. The molecule has 0 amide bonds. The Morgan fingerprint density at radius 2 is 2.12 bits per heavy atom. The van der Waals surface area contributed by atoms with Crippen LogP contribution in [0.15, 0.2) is 5.38 Å². The van der Waals surface area contributed by atoms with Crippen LogP contribution >= 0.6 is 23.7 Å². The highest BCUT2D eigenvalue weighted by atomic mass is 35.5. The van der Waals surface area contributed by atoms with Gasteiger partial charge in [0.05, 0.1) is 16.5 Å². The Bertz CT molecular complexity index is 420. The van der Waals surface area contributed by atoms with Gasteiger partial charge >= 0.3 is 0 Å². The summed E-state index contributed by atoms with van der Waals surface area (Å²) in [7, 11) is -3.06. The number of hydrogen-bond acceptors (Lipinski definition) is 5. The molecular weight excluding hydrogens is 282 g/mol. The van der Waals surface area contributed by atoms with Crippen molar-refractivity contribution >= 4 is 33.8 Å². The fourth-order valence-corrected chi connectivity index (χ4v) is 2.33. The number of nitrogens with one attached hydrogen (secondary N) is 2. The van der Waals surface area contributed by atoms with Gasteiger partial charge in [0, 0.05) is 25.0 Å². The van der Waals surface area contributed by atoms with Crippen LogP contribution in [0.4, 0.5) is 0 Å². The van der Waals surface area contributed by atoms with Crippen LogP contribution < -0.4 is 10.0 Å². The van der Waals surface area contributed by atoms with Crippen LogP contribution in [0.2, 0.25) is 0 Å². The minimum Gasteiger partial charge on any atom is -0.310 e. The SMILES string of the molecule is CCS(=O)(=O)NCCNCc1csc(C)n1.Cl. The molecule has 2 N–H and O–H groups in total. The van der Waals surface area contributed by atoms with E-state index in [0.717, 1.165) is 10.7 Å². The maximum atomic E-state index is 11.1. The highest BCUT2D eigenvalue weighted by molar-refractivity contribution is 7.89. The smallest absolute Gasteiger partial charge is 0.211 e. The second kappa shape index (κ2) is 7.99. The molecule has 1 aromatic rings. The third-order valence-corrected chi connectivity index (χ3v) is 4.20. The van der Waals surface area contributed by atoms with E-state index in [1.807, 2.05) is 12.3 Å². The molecule has 5 nitrogen and oxygen atoms in total. The van der Waals surface area contributed by atoms with E-state index in [9.17, 15) is 8.42 Å². The van der Waals surface area contributed by atoms with Gasteiger partial charge in [0.1, 0.15) is 0 Å². The molecule has 0 atom stereocenters. The standard InChI is InChI=1S/C9H17N3O2S2.ClH/c1-3-16(13,14)11-5-4-10-6-9-7-15-8(2)12-9;/h7,10-11H,3-6H2,1-2H3;1H. The summed E-state index contributed by atoms with van der Waals surface area (Å²) in [6.45, 7) is 5.28. The van der Waals surface area contributed by atoms with Gasteiger partial charge in [0.15, 0.2) is 0 Å². The molecule has 0 aliphatic rings. The predicted molar refractivity (Wildman–Crippen MR) is 73.3 cm³/mol. The predicted octanol–water partition coefficient (Wildman–Crippen LogP) is 0.902. The Morgan fingerprint density at radius 3 is 2.65 bits per heavy atom. The van der Waals surface area contributed by atoms with Gasteiger partial charge in [-0.3, -0.25) is 0 Å². The fraction of sp³-hybridized carbons (Fsp3) is 0.667. The van der Waals surface area contributed by atoms with E-state index in [2.05, 4.69) is 15.0 Å². The van der Waals surface area contributed by atoms with E-state index >= 15 is 0 Å². The molecule has 0 unspecified atom stereocenters. The molecule has 0 aliphatic carbocycles. The summed E-state index contributed by atoms with van der Waals surface area (Å²) >= 11 is 1.61. The van der Waals surface area contributed by atoms with Crippen LogP contribution in [0.5, 0.6) is 0 Å². The summed E-state index contributed by atoms with van der Waals surface area (Å²) in [4.78, 5) is 4.29. The Hall–Kier alpha value is -0.210. The van der Waals surface area contributed by atoms with Gasteiger partial charge < -0.3 is 5.32 Å². The van der Waals surface area contributed by atoms with E-state index in [1.54, 1.807) is 18.3 Å². The number of thiazole rings is 1. The number of nitrogens with zero attached hydrogens (tertiary/aromatic N) is 1. The lowest BCUT2D eigenvalue weighted by atomic mass is 10.5. The Kier molecular flexibility index (Phi) is 7.89. The first-order valence-corrected chi connectivity index (χ1v) is 7.66. The molecule has 100 valence electrons. The molecular formula is C9H18ClN3O2S2. The van der Waals surface area contributed by atoms with E-state index in [0.29, 0.717) is 19.6 Å². The fourth-order valence-electron chi connectivity index (χ4n) is 1.10. The normalized spacial score (nSPS) is 11.2. The van der Waals surface area contributed by atoms with Crippen molar-refractivity contribution in [1.82, 2.24) is 15.0 Å². The quantitative estimate of drug-likeness (QED) is 0.734. The number of rotatable bonds is 7. The number of sulfonamides is 1. The molecule has 0 spiro atoms. The molecule has 0 bridgehead atoms. The van der Waals surface area contributed by atoms with Gasteiger partial charge in [0.2, 0.25) is 10.0 Å². The second-order valence-electron chi connectivity index (χ2n) is 3.33. The molecule has 0 saturated heterocycles. The molecule has 17 heavy (non-hydrogen) atoms. The van der Waals surface area contributed by atoms with Gasteiger partial charge in [0.25, 0.3) is 0 Å². The molecule has 0 radical (unpaired) electrons. The zero-order chi connectivity index (χ0) is 12.0. The molecule has 1 heterocycles. The van der Waals surface area contributed by atoms with Gasteiger partial charge in [-0.05, 0) is 13.8 Å². The minimum atomic E-state index is -3.06. The van der Waals surface area contributed by atoms with Crippen molar-refractivity contribution in [1.29, 1.82) is 0 Å². The van der Waals surface area contributed by atoms with Crippen LogP contribution in [-0.2, 0) is 16.6 Å². The van der Waals surface area contributed by atoms with Crippen LogP contribution in [0.3, 0.4) is 0 Å². The van der Waals surface area contributed by atoms with Crippen LogP contribution in [0, 0.1) is 6.92 Å². The summed E-state index contributed by atoms with van der Waals surface area (Å²) in [5, 5.41) is 6.17. The van der Waals surface area contributed by atoms with Crippen molar-refractivity contribution in [2.75, 3.05) is 18.8 Å². The lowest BCUT2D eigenvalue weighted by molar-refractivity contribution is 0.576. The summed E-state index contributed by atoms with van der Waals surface area (Å²) in [6.07, 6.45) is 0. The maximum Gasteiger partial charge on any atom is 0.211 e. The lowest BCUT2D eigenvalue weighted by Gasteiger charge is -2.04. The number of halogens is 1. The minimum absolute atomic E-state index is 0. The zero-order valence-electron chi connectivity index (χ0n) is 9.89. The maximum absolute atomic E-state index is 11.1. The molecule has 0 aliphatic heterocycles. The van der Waals surface area contributed by atoms with Crippen LogP contribution in [0.1, 0.15) is 17.6 Å². The first-order valence-electron chi connectivity index (χ1n) is 5.12. The molecule has 0 aromatic carbocycles. The van der Waals surface area contributed by atoms with Crippen molar-refractivity contribution in [2.24, 2.45) is 0 Å². The molecule has 1 rings (SSSR count). The van der Waals surface area contributed by atoms with Crippen LogP contribution in [-0.4, -0.2) is 32.2 Å². The van der Waals surface area contributed by atoms with E-state index in [-0.39, 0.29) is 18.2 Å². The molecule has 1 aromatic heterocycles. The monoisotopic (exact) mass is 299 g/mol. The highest BCUT2D eigenvalue weighted by Gasteiger charge is 2.04. The summed E-state index contributed by atoms with van der Waals surface area (Å²) in [5.41, 5.74) is 1.00. The van der Waals surface area contributed by atoms with E-state index in [1.165, 1.54) is 0 Å². The zero-order valence-corrected chi connectivity index (χ0v) is 12.3. The van der Waals surface area contributed by atoms with Crippen LogP contribution in [0.25, 0.3) is 0 Å². The van der Waals surface area contributed by atoms with Crippen molar-refractivity contribution in [3.63, 3.8) is 0 Å². The van der Waals surface area contributed by atoms with Crippen molar-refractivity contribution in [3.05, 3.63) is 16.1 Å². The van der Waals surface area contributed by atoms with E-state index in [4.69, 9.17) is 0 Å². The first kappa shape index (κ1) is 16.8. The molecule has 8 heteroatoms. The Balaban J connectivity index is 0.00000256. The highest BCUT2D eigenvalue weighted by Crippen LogP contribution is 2.06. The van der Waals surface area contributed by atoms with E-state index < -0.39 is 10.0 Å². The molecule has 0 fully saturated rings. The summed E-state index contributed by atoms with van der Waals surface area (Å²) < 4.78 is 24.7. The Morgan fingerprint density at radius 1 is 1.41 bits per heavy atom. The number of aromatic nitrogens is 1. The first-order chi connectivity index (χ1) is 7.53. The largest absolute Gasteiger partial charge is 0.310 e. The van der Waals surface area contributed by atoms with Gasteiger partial charge in [-0.15, -0.1) is 23.7 Å².